The van der Waals surface area contributed by atoms with Gasteiger partial charge in [0.05, 0.1) is 13.2 Å². The standard InChI is InChI=1S/C43H74NO8P/c1-3-5-7-9-11-13-14-15-16-17-18-19-20-21-22-23-24-25-26-28-30-32-34-36-43(46)52-41(40-51-53(47,48)50-38-37-44)39-49-42(45)35-33-31-29-27-12-10-8-6-4-2/h5,7,11,13,15-16,18-19,21-22,24-25,41H,3-4,6,8-10,12,14,17,20,23,26-40,44H2,1-2H3,(H,47,48)/b7-5-,13-11-,16-15-,19-18-,22-21-,25-24-. The SMILES string of the molecule is CC/C=C\C/C=C\C/C=C\C/C=C\C/C=C\C/C=C\CCCCCCC(=O)OC(COC(=O)CCCCCCCCCCC)COP(=O)(O)OCCN. The van der Waals surface area contributed by atoms with Crippen LogP contribution < -0.4 is 5.73 Å². The summed E-state index contributed by atoms with van der Waals surface area (Å²) in [5.74, 6) is -0.867. The molecule has 2 atom stereocenters. The molecule has 3 N–H and O–H groups in total. The molecule has 0 aliphatic rings. The number of allylic oxidation sites excluding steroid dienone is 12. The Morgan fingerprint density at radius 1 is 0.585 bits per heavy atom. The van der Waals surface area contributed by atoms with E-state index in [2.05, 4.69) is 86.8 Å². The first-order chi connectivity index (χ1) is 25.8. The summed E-state index contributed by atoms with van der Waals surface area (Å²) in [6.07, 6.45) is 46.5. The summed E-state index contributed by atoms with van der Waals surface area (Å²) in [4.78, 5) is 34.7. The van der Waals surface area contributed by atoms with Crippen molar-refractivity contribution in [1.82, 2.24) is 0 Å². The van der Waals surface area contributed by atoms with Crippen molar-refractivity contribution in [3.63, 3.8) is 0 Å². The van der Waals surface area contributed by atoms with Gasteiger partial charge in [-0.25, -0.2) is 4.57 Å². The normalized spacial score (nSPS) is 14.1. The molecule has 9 nitrogen and oxygen atoms in total. The highest BCUT2D eigenvalue weighted by molar-refractivity contribution is 7.47. The monoisotopic (exact) mass is 764 g/mol. The largest absolute Gasteiger partial charge is 0.472 e. The highest BCUT2D eigenvalue weighted by Gasteiger charge is 2.25. The van der Waals surface area contributed by atoms with Crippen LogP contribution in [0.2, 0.25) is 0 Å². The maximum Gasteiger partial charge on any atom is 0.472 e. The lowest BCUT2D eigenvalue weighted by Gasteiger charge is -2.19. The van der Waals surface area contributed by atoms with Gasteiger partial charge in [-0.3, -0.25) is 18.6 Å². The van der Waals surface area contributed by atoms with Gasteiger partial charge in [-0.2, -0.15) is 0 Å². The topological polar surface area (TPSA) is 134 Å². The zero-order valence-electron chi connectivity index (χ0n) is 33.2. The molecular weight excluding hydrogens is 689 g/mol. The molecule has 304 valence electrons. The number of hydrogen-bond acceptors (Lipinski definition) is 8. The second kappa shape index (κ2) is 39.2. The molecule has 0 aliphatic heterocycles. The molecule has 0 radical (unpaired) electrons. The second-order valence-electron chi connectivity index (χ2n) is 13.1. The minimum atomic E-state index is -4.38. The van der Waals surface area contributed by atoms with Crippen LogP contribution in [0.15, 0.2) is 72.9 Å². The van der Waals surface area contributed by atoms with Gasteiger partial charge in [0.15, 0.2) is 6.10 Å². The van der Waals surface area contributed by atoms with Gasteiger partial charge >= 0.3 is 19.8 Å². The third-order valence-corrected chi connectivity index (χ3v) is 9.09. The minimum absolute atomic E-state index is 0.0458. The number of esters is 2. The van der Waals surface area contributed by atoms with Crippen molar-refractivity contribution < 1.29 is 37.6 Å². The molecule has 0 aromatic rings. The summed E-state index contributed by atoms with van der Waals surface area (Å²) < 4.78 is 32.6. The molecule has 53 heavy (non-hydrogen) atoms. The van der Waals surface area contributed by atoms with Gasteiger partial charge in [0.1, 0.15) is 6.61 Å². The van der Waals surface area contributed by atoms with Crippen LogP contribution in [0.3, 0.4) is 0 Å². The van der Waals surface area contributed by atoms with Gasteiger partial charge in [-0.05, 0) is 64.2 Å². The number of carbonyl (C=O) groups is 2. The molecule has 0 saturated carbocycles. The van der Waals surface area contributed by atoms with Crippen molar-refractivity contribution in [1.29, 1.82) is 0 Å². The molecule has 0 amide bonds. The molecule has 0 aliphatic carbocycles. The Labute approximate surface area is 322 Å². The van der Waals surface area contributed by atoms with Gasteiger partial charge in [0.25, 0.3) is 0 Å². The lowest BCUT2D eigenvalue weighted by molar-refractivity contribution is -0.161. The van der Waals surface area contributed by atoms with Gasteiger partial charge < -0.3 is 20.1 Å². The Morgan fingerprint density at radius 3 is 1.55 bits per heavy atom. The van der Waals surface area contributed by atoms with Crippen LogP contribution in [0.4, 0.5) is 0 Å². The third-order valence-electron chi connectivity index (χ3n) is 8.11. The fourth-order valence-corrected chi connectivity index (χ4v) is 5.87. The van der Waals surface area contributed by atoms with Crippen LogP contribution in [-0.4, -0.2) is 49.3 Å². The average molecular weight is 764 g/mol. The number of phosphoric acid groups is 1. The molecule has 0 rings (SSSR count). The zero-order chi connectivity index (χ0) is 38.9. The fraction of sp³-hybridized carbons (Fsp3) is 0.674. The molecule has 0 aromatic carbocycles. The number of rotatable bonds is 37. The van der Waals surface area contributed by atoms with Crippen molar-refractivity contribution >= 4 is 19.8 Å². The fourth-order valence-electron chi connectivity index (χ4n) is 5.11. The van der Waals surface area contributed by atoms with Gasteiger partial charge in [0, 0.05) is 19.4 Å². The Hall–Kier alpha value is -2.55. The number of ether oxygens (including phenoxy) is 2. The maximum atomic E-state index is 12.5. The first-order valence-electron chi connectivity index (χ1n) is 20.4. The van der Waals surface area contributed by atoms with E-state index in [9.17, 15) is 19.0 Å². The molecule has 0 heterocycles. The average Bonchev–Trinajstić information content (AvgIpc) is 3.14. The zero-order valence-corrected chi connectivity index (χ0v) is 34.1. The molecule has 0 aromatic heterocycles. The van der Waals surface area contributed by atoms with E-state index < -0.39 is 32.5 Å². The quantitative estimate of drug-likeness (QED) is 0.0274. The first-order valence-corrected chi connectivity index (χ1v) is 21.9. The van der Waals surface area contributed by atoms with Crippen LogP contribution in [-0.2, 0) is 32.7 Å². The van der Waals surface area contributed by atoms with Crippen molar-refractivity contribution in [2.45, 2.75) is 161 Å². The predicted octanol–water partition coefficient (Wildman–Crippen LogP) is 11.5. The number of hydrogen-bond donors (Lipinski definition) is 2. The molecule has 10 heteroatoms. The van der Waals surface area contributed by atoms with E-state index in [4.69, 9.17) is 24.3 Å². The van der Waals surface area contributed by atoms with Crippen LogP contribution in [0.5, 0.6) is 0 Å². The Bertz CT molecular complexity index is 1100. The number of carbonyl (C=O) groups excluding carboxylic acids is 2. The number of nitrogens with two attached hydrogens (primary N) is 1. The molecule has 0 fully saturated rings. The van der Waals surface area contributed by atoms with Crippen molar-refractivity contribution in [3.05, 3.63) is 72.9 Å². The van der Waals surface area contributed by atoms with Gasteiger partial charge in [-0.1, -0.05) is 151 Å². The van der Waals surface area contributed by atoms with E-state index in [0.717, 1.165) is 83.5 Å². The van der Waals surface area contributed by atoms with Crippen LogP contribution >= 0.6 is 7.82 Å². The molecule has 0 bridgehead atoms. The smallest absolute Gasteiger partial charge is 0.462 e. The van der Waals surface area contributed by atoms with Gasteiger partial charge in [-0.15, -0.1) is 0 Å². The van der Waals surface area contributed by atoms with Crippen molar-refractivity contribution in [2.24, 2.45) is 5.73 Å². The lowest BCUT2D eigenvalue weighted by Crippen LogP contribution is -2.29. The van der Waals surface area contributed by atoms with E-state index >= 15 is 0 Å². The minimum Gasteiger partial charge on any atom is -0.462 e. The maximum absolute atomic E-state index is 12.5. The molecule has 0 saturated heterocycles. The Balaban J connectivity index is 4.21. The van der Waals surface area contributed by atoms with Crippen molar-refractivity contribution in [2.75, 3.05) is 26.4 Å². The summed E-state index contributed by atoms with van der Waals surface area (Å²) in [6, 6.07) is 0. The highest BCUT2D eigenvalue weighted by Crippen LogP contribution is 2.43. The summed E-state index contributed by atoms with van der Waals surface area (Å²) in [6.45, 7) is 3.54. The van der Waals surface area contributed by atoms with Crippen LogP contribution in [0, 0.1) is 0 Å². The van der Waals surface area contributed by atoms with E-state index in [1.165, 1.54) is 38.5 Å². The van der Waals surface area contributed by atoms with E-state index in [1.54, 1.807) is 0 Å². The summed E-state index contributed by atoms with van der Waals surface area (Å²) >= 11 is 0. The van der Waals surface area contributed by atoms with Gasteiger partial charge in [0.2, 0.25) is 0 Å². The molecule has 2 unspecified atom stereocenters. The highest BCUT2D eigenvalue weighted by atomic mass is 31.2. The number of phosphoric ester groups is 1. The lowest BCUT2D eigenvalue weighted by atomic mass is 10.1. The van der Waals surface area contributed by atoms with Crippen LogP contribution in [0.1, 0.15) is 155 Å². The Morgan fingerprint density at radius 2 is 1.04 bits per heavy atom. The van der Waals surface area contributed by atoms with E-state index in [-0.39, 0.29) is 32.6 Å². The summed E-state index contributed by atoms with van der Waals surface area (Å²) in [5.41, 5.74) is 5.33. The number of unbranched alkanes of at least 4 members (excludes halogenated alkanes) is 12. The molecular formula is C43H74NO8P. The molecule has 0 spiro atoms. The predicted molar refractivity (Wildman–Crippen MR) is 219 cm³/mol. The second-order valence-corrected chi connectivity index (χ2v) is 14.6. The van der Waals surface area contributed by atoms with E-state index in [0.29, 0.717) is 6.42 Å². The van der Waals surface area contributed by atoms with E-state index in [1.807, 2.05) is 0 Å². The van der Waals surface area contributed by atoms with Crippen molar-refractivity contribution in [3.8, 4) is 0 Å². The summed E-state index contributed by atoms with van der Waals surface area (Å²) in [5, 5.41) is 0. The Kier molecular flexibility index (Phi) is 37.3. The summed E-state index contributed by atoms with van der Waals surface area (Å²) in [7, 11) is -4.38. The first kappa shape index (κ1) is 50.5. The third kappa shape index (κ3) is 39.0. The van der Waals surface area contributed by atoms with Crippen LogP contribution in [0.25, 0.3) is 0 Å².